The highest BCUT2D eigenvalue weighted by Gasteiger charge is 2.18. The van der Waals surface area contributed by atoms with E-state index < -0.39 is 0 Å². The van der Waals surface area contributed by atoms with Crippen molar-refractivity contribution >= 4 is 11.5 Å². The summed E-state index contributed by atoms with van der Waals surface area (Å²) in [6, 6.07) is 12.6. The molecular formula is C17H19BrN5-. The van der Waals surface area contributed by atoms with Crippen LogP contribution < -0.4 is 21.9 Å². The first-order valence-corrected chi connectivity index (χ1v) is 7.69. The number of imidazole rings is 1. The molecule has 4 rings (SSSR count). The maximum atomic E-state index is 4.58. The monoisotopic (exact) mass is 372 g/mol. The van der Waals surface area contributed by atoms with Crippen LogP contribution in [0.2, 0.25) is 0 Å². The lowest BCUT2D eigenvalue weighted by Crippen LogP contribution is -3.00. The first kappa shape index (κ1) is 16.0. The van der Waals surface area contributed by atoms with Crippen molar-refractivity contribution in [3.63, 3.8) is 0 Å². The van der Waals surface area contributed by atoms with Gasteiger partial charge in [0.2, 0.25) is 5.78 Å². The van der Waals surface area contributed by atoms with E-state index in [0.717, 1.165) is 44.2 Å². The number of fused-ring (bicyclic) bond motifs is 1. The van der Waals surface area contributed by atoms with Gasteiger partial charge in [0, 0.05) is 57.0 Å². The quantitative estimate of drug-likeness (QED) is 0.594. The maximum absolute atomic E-state index is 4.58. The Morgan fingerprint density at radius 2 is 1.74 bits per heavy atom. The highest BCUT2D eigenvalue weighted by Crippen LogP contribution is 2.16. The van der Waals surface area contributed by atoms with Crippen LogP contribution in [-0.2, 0) is 6.54 Å². The van der Waals surface area contributed by atoms with E-state index in [1.165, 1.54) is 5.69 Å². The molecule has 1 aliphatic rings. The molecule has 1 fully saturated rings. The third-order valence-electron chi connectivity index (χ3n) is 4.16. The molecule has 1 aliphatic heterocycles. The molecule has 0 saturated carbocycles. The van der Waals surface area contributed by atoms with E-state index in [1.54, 1.807) is 6.20 Å². The lowest BCUT2D eigenvalue weighted by molar-refractivity contribution is -0.00000461. The average Bonchev–Trinajstić information content (AvgIpc) is 2.98. The molecule has 0 spiro atoms. The second-order valence-electron chi connectivity index (χ2n) is 5.66. The van der Waals surface area contributed by atoms with Crippen LogP contribution in [0.3, 0.4) is 0 Å². The summed E-state index contributed by atoms with van der Waals surface area (Å²) in [4.78, 5) is 13.8. The first-order valence-electron chi connectivity index (χ1n) is 7.69. The third-order valence-corrected chi connectivity index (χ3v) is 4.16. The minimum absolute atomic E-state index is 0. The molecule has 0 aliphatic carbocycles. The van der Waals surface area contributed by atoms with Gasteiger partial charge < -0.3 is 21.9 Å². The van der Waals surface area contributed by atoms with Gasteiger partial charge in [-0.25, -0.2) is 9.97 Å². The predicted octanol–water partition coefficient (Wildman–Crippen LogP) is -0.944. The van der Waals surface area contributed by atoms with Crippen molar-refractivity contribution in [1.29, 1.82) is 0 Å². The van der Waals surface area contributed by atoms with Crippen LogP contribution in [-0.4, -0.2) is 45.4 Å². The van der Waals surface area contributed by atoms with Crippen LogP contribution in [0.1, 0.15) is 5.69 Å². The molecule has 1 saturated heterocycles. The number of piperazine rings is 1. The second kappa shape index (κ2) is 7.10. The van der Waals surface area contributed by atoms with Crippen molar-refractivity contribution in [3.05, 3.63) is 60.7 Å². The Bertz CT molecular complexity index is 717. The normalized spacial score (nSPS) is 15.6. The van der Waals surface area contributed by atoms with Gasteiger partial charge in [-0.1, -0.05) is 18.2 Å². The molecule has 23 heavy (non-hydrogen) atoms. The van der Waals surface area contributed by atoms with Gasteiger partial charge in [0.05, 0.1) is 5.69 Å². The number of halogens is 1. The number of nitrogens with zero attached hydrogens (tertiary/aromatic N) is 5. The largest absolute Gasteiger partial charge is 1.00 e. The Labute approximate surface area is 146 Å². The van der Waals surface area contributed by atoms with Gasteiger partial charge in [-0.05, 0) is 18.2 Å². The number of benzene rings is 1. The zero-order chi connectivity index (χ0) is 14.8. The smallest absolute Gasteiger partial charge is 0.233 e. The summed E-state index contributed by atoms with van der Waals surface area (Å²) in [5.41, 5.74) is 2.41. The van der Waals surface area contributed by atoms with Crippen molar-refractivity contribution in [2.45, 2.75) is 6.54 Å². The minimum Gasteiger partial charge on any atom is -1.00 e. The van der Waals surface area contributed by atoms with Crippen molar-refractivity contribution in [1.82, 2.24) is 19.3 Å². The third kappa shape index (κ3) is 3.54. The van der Waals surface area contributed by atoms with E-state index in [1.807, 2.05) is 16.7 Å². The van der Waals surface area contributed by atoms with Crippen LogP contribution >= 0.6 is 0 Å². The highest BCUT2D eigenvalue weighted by molar-refractivity contribution is 5.46. The van der Waals surface area contributed by atoms with Crippen LogP contribution in [0.5, 0.6) is 0 Å². The standard InChI is InChI=1S/C17H19N5.BrH/c1-2-5-16(6-3-1)21-11-9-20(10-12-21)13-15-14-22-8-4-7-18-17(22)19-15;/h1-8,14H,9-13H2;1H/p-1. The molecule has 0 unspecified atom stereocenters. The fourth-order valence-electron chi connectivity index (χ4n) is 2.99. The van der Waals surface area contributed by atoms with E-state index in [2.05, 4.69) is 56.3 Å². The molecule has 0 bridgehead atoms. The molecule has 6 heteroatoms. The van der Waals surface area contributed by atoms with Crippen molar-refractivity contribution in [3.8, 4) is 0 Å². The maximum Gasteiger partial charge on any atom is 0.233 e. The molecule has 3 heterocycles. The van der Waals surface area contributed by atoms with Gasteiger partial charge in [0.25, 0.3) is 0 Å². The lowest BCUT2D eigenvalue weighted by atomic mass is 10.2. The van der Waals surface area contributed by atoms with Crippen molar-refractivity contribution in [2.75, 3.05) is 31.1 Å². The fourth-order valence-corrected chi connectivity index (χ4v) is 2.99. The molecule has 0 radical (unpaired) electrons. The molecular weight excluding hydrogens is 354 g/mol. The number of hydrogen-bond donors (Lipinski definition) is 0. The van der Waals surface area contributed by atoms with Crippen LogP contribution in [0.4, 0.5) is 5.69 Å². The highest BCUT2D eigenvalue weighted by atomic mass is 79.9. The van der Waals surface area contributed by atoms with Crippen molar-refractivity contribution < 1.29 is 17.0 Å². The van der Waals surface area contributed by atoms with Gasteiger partial charge >= 0.3 is 0 Å². The summed E-state index contributed by atoms with van der Waals surface area (Å²) in [6.45, 7) is 5.16. The number of aromatic nitrogens is 3. The number of para-hydroxylation sites is 1. The summed E-state index contributed by atoms with van der Waals surface area (Å²) < 4.78 is 1.98. The summed E-state index contributed by atoms with van der Waals surface area (Å²) >= 11 is 0. The fraction of sp³-hybridized carbons (Fsp3) is 0.294. The Kier molecular flexibility index (Phi) is 4.93. The van der Waals surface area contributed by atoms with E-state index in [-0.39, 0.29) is 17.0 Å². The molecule has 0 N–H and O–H groups in total. The minimum atomic E-state index is 0. The summed E-state index contributed by atoms with van der Waals surface area (Å²) in [5, 5.41) is 0. The summed E-state index contributed by atoms with van der Waals surface area (Å²) in [5.74, 6) is 0.778. The summed E-state index contributed by atoms with van der Waals surface area (Å²) in [6.07, 6.45) is 5.85. The number of rotatable bonds is 3. The first-order chi connectivity index (χ1) is 10.9. The molecule has 0 amide bonds. The Balaban J connectivity index is 0.00000156. The molecule has 5 nitrogen and oxygen atoms in total. The second-order valence-corrected chi connectivity index (χ2v) is 5.66. The van der Waals surface area contributed by atoms with Gasteiger partial charge in [0.1, 0.15) is 0 Å². The number of hydrogen-bond acceptors (Lipinski definition) is 4. The average molecular weight is 373 g/mol. The van der Waals surface area contributed by atoms with E-state index in [9.17, 15) is 0 Å². The van der Waals surface area contributed by atoms with E-state index >= 15 is 0 Å². The Hall–Kier alpha value is -1.92. The van der Waals surface area contributed by atoms with Crippen LogP contribution in [0.15, 0.2) is 55.0 Å². The van der Waals surface area contributed by atoms with Gasteiger partial charge in [-0.15, -0.1) is 0 Å². The Morgan fingerprint density at radius 1 is 0.957 bits per heavy atom. The SMILES string of the molecule is [Br-].c1ccc(N2CCN(Cc3cn4cccnc4n3)CC2)cc1. The zero-order valence-electron chi connectivity index (χ0n) is 12.8. The zero-order valence-corrected chi connectivity index (χ0v) is 14.4. The number of anilines is 1. The molecule has 1 aromatic carbocycles. The van der Waals surface area contributed by atoms with Crippen molar-refractivity contribution in [2.24, 2.45) is 0 Å². The molecule has 0 atom stereocenters. The van der Waals surface area contributed by atoms with Gasteiger partial charge in [0.15, 0.2) is 0 Å². The Morgan fingerprint density at radius 3 is 2.48 bits per heavy atom. The van der Waals surface area contributed by atoms with Gasteiger partial charge in [-0.2, -0.15) is 0 Å². The van der Waals surface area contributed by atoms with Crippen LogP contribution in [0.25, 0.3) is 5.78 Å². The van der Waals surface area contributed by atoms with Gasteiger partial charge in [-0.3, -0.25) is 9.30 Å². The van der Waals surface area contributed by atoms with Crippen LogP contribution in [0, 0.1) is 0 Å². The van der Waals surface area contributed by atoms with E-state index in [0.29, 0.717) is 0 Å². The van der Waals surface area contributed by atoms with E-state index in [4.69, 9.17) is 0 Å². The summed E-state index contributed by atoms with van der Waals surface area (Å²) in [7, 11) is 0. The predicted molar refractivity (Wildman–Crippen MR) is 86.9 cm³/mol. The molecule has 120 valence electrons. The molecule has 2 aromatic heterocycles. The lowest BCUT2D eigenvalue weighted by Gasteiger charge is -2.35. The topological polar surface area (TPSA) is 36.7 Å². The molecule has 3 aromatic rings.